The van der Waals surface area contributed by atoms with Crippen molar-refractivity contribution in [3.8, 4) is 11.5 Å². The maximum absolute atomic E-state index is 5.28. The third-order valence-electron chi connectivity index (χ3n) is 2.76. The minimum atomic E-state index is -0.0681. The van der Waals surface area contributed by atoms with E-state index in [9.17, 15) is 0 Å². The minimum absolute atomic E-state index is 0.0681. The fourth-order valence-corrected chi connectivity index (χ4v) is 1.72. The normalized spacial score (nSPS) is 11.6. The molecule has 1 heterocycles. The van der Waals surface area contributed by atoms with Crippen LogP contribution in [0.5, 0.6) is 11.5 Å². The number of ether oxygens (including phenoxy) is 2. The highest BCUT2D eigenvalue weighted by molar-refractivity contribution is 5.82. The van der Waals surface area contributed by atoms with Crippen LogP contribution in [0.15, 0.2) is 18.3 Å². The van der Waals surface area contributed by atoms with E-state index in [-0.39, 0.29) is 5.41 Å². The molecule has 0 saturated carbocycles. The lowest BCUT2D eigenvalue weighted by Gasteiger charge is -2.17. The number of fused-ring (bicyclic) bond motifs is 1. The van der Waals surface area contributed by atoms with E-state index in [0.717, 1.165) is 16.7 Å². The van der Waals surface area contributed by atoms with Crippen LogP contribution in [0.2, 0.25) is 0 Å². The van der Waals surface area contributed by atoms with Gasteiger partial charge in [-0.2, -0.15) is 0 Å². The molecule has 0 unspecified atom stereocenters. The molecule has 2 aromatic rings. The van der Waals surface area contributed by atoms with Crippen molar-refractivity contribution in [2.24, 2.45) is 0 Å². The van der Waals surface area contributed by atoms with Gasteiger partial charge >= 0.3 is 0 Å². The van der Waals surface area contributed by atoms with Crippen LogP contribution >= 0.6 is 0 Å². The molecule has 0 aliphatic carbocycles. The molecule has 96 valence electrons. The molecule has 0 bridgehead atoms. The molecule has 0 aliphatic rings. The summed E-state index contributed by atoms with van der Waals surface area (Å²) in [6.45, 7) is 6.28. The van der Waals surface area contributed by atoms with Crippen LogP contribution in [-0.4, -0.2) is 24.2 Å². The predicted molar refractivity (Wildman–Crippen MR) is 71.3 cm³/mol. The van der Waals surface area contributed by atoms with Crippen molar-refractivity contribution in [2.75, 3.05) is 14.2 Å². The van der Waals surface area contributed by atoms with Gasteiger partial charge in [0.2, 0.25) is 0 Å². The van der Waals surface area contributed by atoms with Gasteiger partial charge < -0.3 is 9.47 Å². The molecule has 0 N–H and O–H groups in total. The van der Waals surface area contributed by atoms with E-state index in [1.54, 1.807) is 14.2 Å². The van der Waals surface area contributed by atoms with E-state index in [1.165, 1.54) is 0 Å². The maximum atomic E-state index is 5.28. The Balaban J connectivity index is 2.63. The summed E-state index contributed by atoms with van der Waals surface area (Å²) in [6, 6.07) is 3.77. The van der Waals surface area contributed by atoms with Crippen molar-refractivity contribution in [1.29, 1.82) is 0 Å². The van der Waals surface area contributed by atoms with Crippen molar-refractivity contribution < 1.29 is 9.47 Å². The molecule has 0 spiro atoms. The van der Waals surface area contributed by atoms with Crippen LogP contribution < -0.4 is 9.47 Å². The lowest BCUT2D eigenvalue weighted by molar-refractivity contribution is 0.355. The zero-order valence-electron chi connectivity index (χ0n) is 11.4. The predicted octanol–water partition coefficient (Wildman–Crippen LogP) is 2.94. The summed E-state index contributed by atoms with van der Waals surface area (Å²) in [5.74, 6) is 2.20. The second-order valence-electron chi connectivity index (χ2n) is 5.21. The highest BCUT2D eigenvalue weighted by Crippen LogP contribution is 2.31. The van der Waals surface area contributed by atoms with Gasteiger partial charge in [0, 0.05) is 23.1 Å². The molecule has 0 saturated heterocycles. The Morgan fingerprint density at radius 1 is 1.00 bits per heavy atom. The van der Waals surface area contributed by atoms with Gasteiger partial charge in [-0.15, -0.1) is 0 Å². The van der Waals surface area contributed by atoms with Crippen LogP contribution in [0.25, 0.3) is 10.9 Å². The monoisotopic (exact) mass is 246 g/mol. The molecule has 0 radical (unpaired) electrons. The average molecular weight is 246 g/mol. The van der Waals surface area contributed by atoms with Crippen LogP contribution in [0.1, 0.15) is 26.6 Å². The molecule has 0 amide bonds. The summed E-state index contributed by atoms with van der Waals surface area (Å²) < 4.78 is 10.5. The van der Waals surface area contributed by atoms with E-state index in [1.807, 2.05) is 18.3 Å². The zero-order chi connectivity index (χ0) is 13.3. The van der Waals surface area contributed by atoms with Gasteiger partial charge in [0.1, 0.15) is 5.82 Å². The lowest BCUT2D eigenvalue weighted by Crippen LogP contribution is -2.15. The summed E-state index contributed by atoms with van der Waals surface area (Å²) in [5.41, 5.74) is 0.800. The molecule has 1 aromatic carbocycles. The van der Waals surface area contributed by atoms with Gasteiger partial charge in [-0.25, -0.2) is 9.97 Å². The third-order valence-corrected chi connectivity index (χ3v) is 2.76. The number of hydrogen-bond acceptors (Lipinski definition) is 4. The number of nitrogens with zero attached hydrogens (tertiary/aromatic N) is 2. The Hall–Kier alpha value is -1.84. The zero-order valence-corrected chi connectivity index (χ0v) is 11.4. The second kappa shape index (κ2) is 4.44. The van der Waals surface area contributed by atoms with Gasteiger partial charge in [0.15, 0.2) is 11.5 Å². The van der Waals surface area contributed by atoms with Crippen LogP contribution in [0.3, 0.4) is 0 Å². The summed E-state index contributed by atoms with van der Waals surface area (Å²) in [7, 11) is 3.24. The molecular formula is C14H18N2O2. The van der Waals surface area contributed by atoms with Crippen molar-refractivity contribution in [2.45, 2.75) is 26.2 Å². The first kappa shape index (κ1) is 12.6. The van der Waals surface area contributed by atoms with Crippen molar-refractivity contribution in [3.63, 3.8) is 0 Å². The molecule has 0 aliphatic heterocycles. The van der Waals surface area contributed by atoms with Crippen molar-refractivity contribution >= 4 is 10.9 Å². The van der Waals surface area contributed by atoms with Crippen LogP contribution in [0.4, 0.5) is 0 Å². The average Bonchev–Trinajstić information content (AvgIpc) is 2.35. The van der Waals surface area contributed by atoms with E-state index in [0.29, 0.717) is 11.5 Å². The fourth-order valence-electron chi connectivity index (χ4n) is 1.72. The van der Waals surface area contributed by atoms with Gasteiger partial charge in [-0.3, -0.25) is 0 Å². The van der Waals surface area contributed by atoms with Gasteiger partial charge in [-0.1, -0.05) is 20.8 Å². The molecule has 4 nitrogen and oxygen atoms in total. The first-order valence-electron chi connectivity index (χ1n) is 5.85. The fraction of sp³-hybridized carbons (Fsp3) is 0.429. The second-order valence-corrected chi connectivity index (χ2v) is 5.21. The molecule has 1 aromatic heterocycles. The third kappa shape index (κ3) is 2.23. The number of rotatable bonds is 2. The highest BCUT2D eigenvalue weighted by atomic mass is 16.5. The summed E-state index contributed by atoms with van der Waals surface area (Å²) in [6.07, 6.45) is 1.82. The van der Waals surface area contributed by atoms with Gasteiger partial charge in [-0.05, 0) is 6.07 Å². The largest absolute Gasteiger partial charge is 0.493 e. The van der Waals surface area contributed by atoms with Crippen molar-refractivity contribution in [1.82, 2.24) is 9.97 Å². The van der Waals surface area contributed by atoms with E-state index in [4.69, 9.17) is 9.47 Å². The first-order valence-corrected chi connectivity index (χ1v) is 5.85. The Kier molecular flexibility index (Phi) is 3.11. The first-order chi connectivity index (χ1) is 8.45. The number of methoxy groups -OCH3 is 2. The van der Waals surface area contributed by atoms with Gasteiger partial charge in [0.25, 0.3) is 0 Å². The standard InChI is InChI=1S/C14H18N2O2/c1-14(2,3)13-15-8-9-6-11(17-4)12(18-5)7-10(9)16-13/h6-8H,1-5H3. The Morgan fingerprint density at radius 3 is 2.17 bits per heavy atom. The number of aromatic nitrogens is 2. The SMILES string of the molecule is COc1cc2cnc(C(C)(C)C)nc2cc1OC. The highest BCUT2D eigenvalue weighted by Gasteiger charge is 2.18. The summed E-state index contributed by atoms with van der Waals surface area (Å²) in [4.78, 5) is 8.99. The lowest BCUT2D eigenvalue weighted by atomic mass is 9.95. The molecule has 18 heavy (non-hydrogen) atoms. The Morgan fingerprint density at radius 2 is 1.61 bits per heavy atom. The summed E-state index contributed by atoms with van der Waals surface area (Å²) >= 11 is 0. The number of hydrogen-bond donors (Lipinski definition) is 0. The smallest absolute Gasteiger partial charge is 0.162 e. The molecular weight excluding hydrogens is 228 g/mol. The van der Waals surface area contributed by atoms with Crippen LogP contribution in [0, 0.1) is 0 Å². The van der Waals surface area contributed by atoms with E-state index >= 15 is 0 Å². The van der Waals surface area contributed by atoms with Crippen LogP contribution in [-0.2, 0) is 5.41 Å². The Labute approximate surface area is 107 Å². The molecule has 2 rings (SSSR count). The molecule has 4 heteroatoms. The van der Waals surface area contributed by atoms with Gasteiger partial charge in [0.05, 0.1) is 19.7 Å². The summed E-state index contributed by atoms with van der Waals surface area (Å²) in [5, 5.41) is 0.945. The topological polar surface area (TPSA) is 44.2 Å². The van der Waals surface area contributed by atoms with E-state index < -0.39 is 0 Å². The van der Waals surface area contributed by atoms with Crippen molar-refractivity contribution in [3.05, 3.63) is 24.2 Å². The van der Waals surface area contributed by atoms with E-state index in [2.05, 4.69) is 30.7 Å². The number of benzene rings is 1. The quantitative estimate of drug-likeness (QED) is 0.817. The maximum Gasteiger partial charge on any atom is 0.162 e. The molecule has 0 atom stereocenters. The molecule has 0 fully saturated rings. The minimum Gasteiger partial charge on any atom is -0.493 e. The Bertz CT molecular complexity index is 574.